The molecule has 31 heavy (non-hydrogen) atoms. The highest BCUT2D eigenvalue weighted by Gasteiger charge is 2.29. The highest BCUT2D eigenvalue weighted by Crippen LogP contribution is 2.29. The molecule has 170 valence electrons. The van der Waals surface area contributed by atoms with Gasteiger partial charge in [-0.25, -0.2) is 0 Å². The Hall–Kier alpha value is -2.70. The van der Waals surface area contributed by atoms with E-state index in [-0.39, 0.29) is 24.7 Å². The van der Waals surface area contributed by atoms with E-state index in [2.05, 4.69) is 16.3 Å². The number of allylic oxidation sites excluding steroid dienone is 2. The molecule has 6 nitrogen and oxygen atoms in total. The van der Waals surface area contributed by atoms with E-state index in [4.69, 9.17) is 14.6 Å². The number of para-hydroxylation sites is 2. The van der Waals surface area contributed by atoms with Crippen LogP contribution in [-0.2, 0) is 0 Å². The van der Waals surface area contributed by atoms with Crippen LogP contribution in [0.5, 0.6) is 11.5 Å². The Balaban J connectivity index is 1.89. The Morgan fingerprint density at radius 2 is 2.00 bits per heavy atom. The summed E-state index contributed by atoms with van der Waals surface area (Å²) in [5, 5.41) is 21.8. The molecular weight excluding hydrogens is 411 g/mol. The normalized spacial score (nSPS) is 14.7. The monoisotopic (exact) mass is 439 g/mol. The van der Waals surface area contributed by atoms with Crippen molar-refractivity contribution in [1.29, 1.82) is 5.26 Å². The molecule has 9 heteroatoms. The predicted molar refractivity (Wildman–Crippen MR) is 111 cm³/mol. The fraction of sp³-hybridized carbons (Fsp3) is 0.500. The van der Waals surface area contributed by atoms with Crippen LogP contribution in [-0.4, -0.2) is 62.2 Å². The van der Waals surface area contributed by atoms with Crippen molar-refractivity contribution in [3.05, 3.63) is 47.2 Å². The van der Waals surface area contributed by atoms with Crippen LogP contribution in [0.2, 0.25) is 0 Å². The molecule has 0 aliphatic carbocycles. The van der Waals surface area contributed by atoms with Gasteiger partial charge in [0.05, 0.1) is 11.3 Å². The quantitative estimate of drug-likeness (QED) is 0.384. The predicted octanol–water partition coefficient (Wildman–Crippen LogP) is 3.41. The van der Waals surface area contributed by atoms with Crippen LogP contribution in [0.25, 0.3) is 0 Å². The molecule has 0 spiro atoms. The SMILES string of the molecule is C/C=C(/C#N)C1=C(CNCCOc2ccccc2OCC(F)(F)F)CCN1CCCO. The summed E-state index contributed by atoms with van der Waals surface area (Å²) < 4.78 is 47.6. The van der Waals surface area contributed by atoms with Gasteiger partial charge in [0.25, 0.3) is 0 Å². The number of nitriles is 1. The molecule has 1 aliphatic heterocycles. The average Bonchev–Trinajstić information content (AvgIpc) is 3.14. The summed E-state index contributed by atoms with van der Waals surface area (Å²) in [5.74, 6) is 0.303. The zero-order valence-electron chi connectivity index (χ0n) is 17.5. The molecule has 0 amide bonds. The summed E-state index contributed by atoms with van der Waals surface area (Å²) in [5.41, 5.74) is 2.64. The van der Waals surface area contributed by atoms with Gasteiger partial charge in [-0.3, -0.25) is 0 Å². The molecule has 1 aliphatic rings. The molecule has 1 heterocycles. The molecule has 0 radical (unpaired) electrons. The van der Waals surface area contributed by atoms with Crippen LogP contribution >= 0.6 is 0 Å². The lowest BCUT2D eigenvalue weighted by Gasteiger charge is -2.22. The number of hydrogen-bond acceptors (Lipinski definition) is 6. The molecule has 2 N–H and O–H groups in total. The number of nitrogens with zero attached hydrogens (tertiary/aromatic N) is 2. The molecule has 1 aromatic rings. The minimum atomic E-state index is -4.42. The van der Waals surface area contributed by atoms with Crippen molar-refractivity contribution in [1.82, 2.24) is 10.2 Å². The minimum absolute atomic E-state index is 0.0480. The van der Waals surface area contributed by atoms with E-state index >= 15 is 0 Å². The molecule has 1 aromatic carbocycles. The van der Waals surface area contributed by atoms with Crippen molar-refractivity contribution in [2.45, 2.75) is 25.9 Å². The van der Waals surface area contributed by atoms with E-state index in [9.17, 15) is 18.4 Å². The number of aliphatic hydroxyl groups excluding tert-OH is 1. The van der Waals surface area contributed by atoms with Crippen molar-refractivity contribution in [3.8, 4) is 17.6 Å². The van der Waals surface area contributed by atoms with E-state index in [1.54, 1.807) is 24.3 Å². The van der Waals surface area contributed by atoms with E-state index < -0.39 is 12.8 Å². The number of aliphatic hydroxyl groups is 1. The van der Waals surface area contributed by atoms with E-state index in [1.807, 2.05) is 6.92 Å². The van der Waals surface area contributed by atoms with Crippen molar-refractivity contribution >= 4 is 0 Å². The Morgan fingerprint density at radius 3 is 2.61 bits per heavy atom. The first kappa shape index (κ1) is 24.6. The summed E-state index contributed by atoms with van der Waals surface area (Å²) in [7, 11) is 0. The molecule has 0 fully saturated rings. The van der Waals surface area contributed by atoms with Gasteiger partial charge >= 0.3 is 6.18 Å². The van der Waals surface area contributed by atoms with Gasteiger partial charge in [-0.05, 0) is 37.5 Å². The van der Waals surface area contributed by atoms with E-state index in [1.165, 1.54) is 6.07 Å². The summed E-state index contributed by atoms with van der Waals surface area (Å²) in [6.07, 6.45) is -1.17. The zero-order chi connectivity index (χ0) is 22.7. The highest BCUT2D eigenvalue weighted by atomic mass is 19.4. The number of halogens is 3. The summed E-state index contributed by atoms with van der Waals surface area (Å²) in [4.78, 5) is 2.12. The summed E-state index contributed by atoms with van der Waals surface area (Å²) >= 11 is 0. The van der Waals surface area contributed by atoms with E-state index in [0.29, 0.717) is 31.6 Å². The first-order valence-corrected chi connectivity index (χ1v) is 10.2. The molecule has 0 atom stereocenters. The Kier molecular flexibility index (Phi) is 9.69. The maximum Gasteiger partial charge on any atom is 0.422 e. The second-order valence-electron chi connectivity index (χ2n) is 6.96. The number of nitrogens with one attached hydrogen (secondary N) is 1. The Labute approximate surface area is 180 Å². The van der Waals surface area contributed by atoms with Crippen molar-refractivity contribution in [3.63, 3.8) is 0 Å². The van der Waals surface area contributed by atoms with Crippen molar-refractivity contribution in [2.24, 2.45) is 0 Å². The highest BCUT2D eigenvalue weighted by molar-refractivity contribution is 5.46. The summed E-state index contributed by atoms with van der Waals surface area (Å²) in [6, 6.07) is 8.49. The standard InChI is InChI=1S/C22H28F3N3O3/c1-2-17(14-26)21-18(8-11-28(21)10-5-12-29)15-27-9-13-30-19-6-3-4-7-20(19)31-16-22(23,24)25/h2-4,6-7,27,29H,5,8-13,15-16H2,1H3/b17-2-. The second kappa shape index (κ2) is 12.2. The van der Waals surface area contributed by atoms with Gasteiger partial charge < -0.3 is 24.8 Å². The van der Waals surface area contributed by atoms with E-state index in [0.717, 1.165) is 24.2 Å². The smallest absolute Gasteiger partial charge is 0.422 e. The molecular formula is C22H28F3N3O3. The lowest BCUT2D eigenvalue weighted by molar-refractivity contribution is -0.153. The third-order valence-electron chi connectivity index (χ3n) is 4.70. The van der Waals surface area contributed by atoms with Crippen LogP contribution < -0.4 is 14.8 Å². The topological polar surface area (TPSA) is 77.8 Å². The molecule has 2 rings (SSSR count). The van der Waals surface area contributed by atoms with Crippen LogP contribution in [0.15, 0.2) is 47.2 Å². The van der Waals surface area contributed by atoms with Gasteiger partial charge in [0.1, 0.15) is 12.7 Å². The average molecular weight is 439 g/mol. The van der Waals surface area contributed by atoms with Gasteiger partial charge in [0.15, 0.2) is 18.1 Å². The van der Waals surface area contributed by atoms with Crippen LogP contribution in [0.4, 0.5) is 13.2 Å². The van der Waals surface area contributed by atoms with Crippen molar-refractivity contribution in [2.75, 3.05) is 46.0 Å². The molecule has 0 saturated carbocycles. The fourth-order valence-corrected chi connectivity index (χ4v) is 3.32. The number of rotatable bonds is 12. The lowest BCUT2D eigenvalue weighted by atomic mass is 10.1. The molecule has 0 aromatic heterocycles. The van der Waals surface area contributed by atoms with Gasteiger partial charge in [-0.15, -0.1) is 0 Å². The second-order valence-corrected chi connectivity index (χ2v) is 6.96. The van der Waals surface area contributed by atoms with Gasteiger partial charge in [0.2, 0.25) is 0 Å². The van der Waals surface area contributed by atoms with Crippen molar-refractivity contribution < 1.29 is 27.8 Å². The fourth-order valence-electron chi connectivity index (χ4n) is 3.32. The van der Waals surface area contributed by atoms with Crippen LogP contribution in [0.1, 0.15) is 19.8 Å². The lowest BCUT2D eigenvalue weighted by Crippen LogP contribution is -2.25. The largest absolute Gasteiger partial charge is 0.488 e. The Bertz CT molecular complexity index is 816. The maximum atomic E-state index is 12.4. The van der Waals surface area contributed by atoms with Gasteiger partial charge in [-0.1, -0.05) is 18.2 Å². The number of hydrogen-bond donors (Lipinski definition) is 2. The van der Waals surface area contributed by atoms with Crippen LogP contribution in [0, 0.1) is 11.3 Å². The first-order chi connectivity index (χ1) is 14.9. The number of ether oxygens (including phenoxy) is 2. The third kappa shape index (κ3) is 7.81. The summed E-state index contributed by atoms with van der Waals surface area (Å²) in [6.45, 7) is 3.32. The maximum absolute atomic E-state index is 12.4. The molecule has 0 saturated heterocycles. The van der Waals surface area contributed by atoms with Gasteiger partial charge in [0, 0.05) is 32.8 Å². The van der Waals surface area contributed by atoms with Gasteiger partial charge in [-0.2, -0.15) is 18.4 Å². The Morgan fingerprint density at radius 1 is 1.29 bits per heavy atom. The molecule has 0 bridgehead atoms. The third-order valence-corrected chi connectivity index (χ3v) is 4.70. The number of benzene rings is 1. The van der Waals surface area contributed by atoms with Crippen LogP contribution in [0.3, 0.4) is 0 Å². The minimum Gasteiger partial charge on any atom is -0.488 e. The first-order valence-electron chi connectivity index (χ1n) is 10.2. The number of alkyl halides is 3. The zero-order valence-corrected chi connectivity index (χ0v) is 17.5. The molecule has 0 unspecified atom stereocenters.